The Morgan fingerprint density at radius 2 is 2.16 bits per heavy atom. The van der Waals surface area contributed by atoms with E-state index in [9.17, 15) is 9.59 Å². The molecule has 0 radical (unpaired) electrons. The minimum atomic E-state index is -0.264. The summed E-state index contributed by atoms with van der Waals surface area (Å²) in [6.07, 6.45) is -0.264. The van der Waals surface area contributed by atoms with E-state index in [0.29, 0.717) is 32.8 Å². The first-order valence-electron chi connectivity index (χ1n) is 8.64. The number of benzene rings is 1. The van der Waals surface area contributed by atoms with Crippen LogP contribution in [0.25, 0.3) is 10.9 Å². The van der Waals surface area contributed by atoms with Gasteiger partial charge in [-0.1, -0.05) is 18.2 Å². The molecule has 7 nitrogen and oxygen atoms in total. The maximum Gasteiger partial charge on any atom is 0.410 e. The summed E-state index contributed by atoms with van der Waals surface area (Å²) in [4.78, 5) is 27.4. The summed E-state index contributed by atoms with van der Waals surface area (Å²) in [7, 11) is 0. The van der Waals surface area contributed by atoms with Crippen LogP contribution in [-0.2, 0) is 11.3 Å². The number of nitrogens with zero attached hydrogens (tertiary/aromatic N) is 3. The largest absolute Gasteiger partial charge is 0.447 e. The molecule has 2 aliphatic heterocycles. The van der Waals surface area contributed by atoms with Crippen molar-refractivity contribution < 1.29 is 14.3 Å². The van der Waals surface area contributed by atoms with Gasteiger partial charge in [-0.25, -0.2) is 9.59 Å². The summed E-state index contributed by atoms with van der Waals surface area (Å²) in [5.41, 5.74) is 2.37. The third-order valence-electron chi connectivity index (χ3n) is 5.03. The average Bonchev–Trinajstić information content (AvgIpc) is 3.15. The molecule has 2 aliphatic rings. The van der Waals surface area contributed by atoms with E-state index >= 15 is 0 Å². The summed E-state index contributed by atoms with van der Waals surface area (Å²) < 4.78 is 7.26. The number of amides is 3. The molecular formula is C18H22N4O3. The summed E-state index contributed by atoms with van der Waals surface area (Å²) in [6, 6.07) is 10.3. The SMILES string of the molecule is Cc1cc2ccccc2n1CCNC(=O)N1CCN2C(=O)OC[C@H]2C1. The lowest BCUT2D eigenvalue weighted by Gasteiger charge is -2.35. The maximum absolute atomic E-state index is 12.4. The number of carbonyl (C=O) groups is 2. The number of urea groups is 1. The van der Waals surface area contributed by atoms with Gasteiger partial charge in [-0.2, -0.15) is 0 Å². The number of aromatic nitrogens is 1. The Labute approximate surface area is 146 Å². The summed E-state index contributed by atoms with van der Waals surface area (Å²) >= 11 is 0. The van der Waals surface area contributed by atoms with E-state index in [1.807, 2.05) is 12.1 Å². The summed E-state index contributed by atoms with van der Waals surface area (Å²) in [5.74, 6) is 0. The molecule has 132 valence electrons. The third-order valence-corrected chi connectivity index (χ3v) is 5.03. The van der Waals surface area contributed by atoms with Crippen molar-refractivity contribution >= 4 is 23.0 Å². The van der Waals surface area contributed by atoms with Crippen molar-refractivity contribution in [3.8, 4) is 0 Å². The fourth-order valence-corrected chi connectivity index (χ4v) is 3.70. The number of cyclic esters (lactones) is 1. The first-order valence-corrected chi connectivity index (χ1v) is 8.64. The number of rotatable bonds is 3. The van der Waals surface area contributed by atoms with E-state index in [1.165, 1.54) is 16.6 Å². The van der Waals surface area contributed by atoms with Gasteiger partial charge in [0.25, 0.3) is 0 Å². The monoisotopic (exact) mass is 342 g/mol. The van der Waals surface area contributed by atoms with Crippen molar-refractivity contribution in [2.45, 2.75) is 19.5 Å². The molecule has 2 fully saturated rings. The second kappa shape index (κ2) is 6.31. The van der Waals surface area contributed by atoms with Crippen LogP contribution in [0.1, 0.15) is 5.69 Å². The standard InChI is InChI=1S/C18H22N4O3/c1-13-10-14-4-2-3-5-16(14)21(13)7-6-19-17(23)20-8-9-22-15(11-20)12-25-18(22)24/h2-5,10,15H,6-9,11-12H2,1H3,(H,19,23)/t15-/m1/s1. The number of nitrogens with one attached hydrogen (secondary N) is 1. The highest BCUT2D eigenvalue weighted by Crippen LogP contribution is 2.19. The molecule has 3 heterocycles. The number of fused-ring (bicyclic) bond motifs is 2. The van der Waals surface area contributed by atoms with Gasteiger partial charge >= 0.3 is 12.1 Å². The van der Waals surface area contributed by atoms with Crippen LogP contribution in [-0.4, -0.2) is 65.3 Å². The Hall–Kier alpha value is -2.70. The third kappa shape index (κ3) is 2.90. The van der Waals surface area contributed by atoms with Crippen LogP contribution in [0.2, 0.25) is 0 Å². The molecule has 0 unspecified atom stereocenters. The van der Waals surface area contributed by atoms with Crippen LogP contribution >= 0.6 is 0 Å². The van der Waals surface area contributed by atoms with Crippen molar-refractivity contribution in [3.63, 3.8) is 0 Å². The lowest BCUT2D eigenvalue weighted by molar-refractivity contribution is 0.127. The Balaban J connectivity index is 1.33. The van der Waals surface area contributed by atoms with Gasteiger partial charge in [-0.05, 0) is 24.4 Å². The number of para-hydroxylation sites is 1. The molecule has 7 heteroatoms. The second-order valence-electron chi connectivity index (χ2n) is 6.60. The van der Waals surface area contributed by atoms with Crippen molar-refractivity contribution in [2.24, 2.45) is 0 Å². The first kappa shape index (κ1) is 15.8. The van der Waals surface area contributed by atoms with Gasteiger partial charge < -0.3 is 19.5 Å². The molecule has 1 N–H and O–H groups in total. The van der Waals surface area contributed by atoms with Gasteiger partial charge in [0.15, 0.2) is 0 Å². The van der Waals surface area contributed by atoms with E-state index in [-0.39, 0.29) is 18.2 Å². The van der Waals surface area contributed by atoms with Crippen LogP contribution < -0.4 is 5.32 Å². The predicted molar refractivity (Wildman–Crippen MR) is 93.5 cm³/mol. The number of hydrogen-bond donors (Lipinski definition) is 1. The Morgan fingerprint density at radius 3 is 3.04 bits per heavy atom. The van der Waals surface area contributed by atoms with Gasteiger partial charge in [-0.15, -0.1) is 0 Å². The molecule has 2 saturated heterocycles. The fraction of sp³-hybridized carbons (Fsp3) is 0.444. The Morgan fingerprint density at radius 1 is 1.32 bits per heavy atom. The smallest absolute Gasteiger partial charge is 0.410 e. The van der Waals surface area contributed by atoms with Crippen LogP contribution in [0, 0.1) is 6.92 Å². The molecular weight excluding hydrogens is 320 g/mol. The summed E-state index contributed by atoms with van der Waals surface area (Å²) in [5, 5.41) is 4.21. The van der Waals surface area contributed by atoms with Crippen molar-refractivity contribution in [1.29, 1.82) is 0 Å². The molecule has 3 amide bonds. The molecule has 25 heavy (non-hydrogen) atoms. The van der Waals surface area contributed by atoms with E-state index in [0.717, 1.165) is 6.54 Å². The van der Waals surface area contributed by atoms with E-state index in [2.05, 4.69) is 35.0 Å². The zero-order valence-corrected chi connectivity index (χ0v) is 14.3. The number of ether oxygens (including phenoxy) is 1. The minimum absolute atomic E-state index is 0.0114. The molecule has 0 bridgehead atoms. The highest BCUT2D eigenvalue weighted by molar-refractivity contribution is 5.81. The van der Waals surface area contributed by atoms with Crippen LogP contribution in [0.4, 0.5) is 9.59 Å². The van der Waals surface area contributed by atoms with Crippen molar-refractivity contribution in [1.82, 2.24) is 19.7 Å². The van der Waals surface area contributed by atoms with Crippen LogP contribution in [0.3, 0.4) is 0 Å². The topological polar surface area (TPSA) is 66.8 Å². The zero-order chi connectivity index (χ0) is 17.4. The molecule has 1 atom stereocenters. The van der Waals surface area contributed by atoms with Crippen molar-refractivity contribution in [2.75, 3.05) is 32.8 Å². The van der Waals surface area contributed by atoms with Crippen LogP contribution in [0.15, 0.2) is 30.3 Å². The molecule has 2 aromatic rings. The fourth-order valence-electron chi connectivity index (χ4n) is 3.70. The van der Waals surface area contributed by atoms with Crippen molar-refractivity contribution in [3.05, 3.63) is 36.0 Å². The van der Waals surface area contributed by atoms with Gasteiger partial charge in [-0.3, -0.25) is 4.90 Å². The van der Waals surface area contributed by atoms with E-state index in [4.69, 9.17) is 4.74 Å². The first-order chi connectivity index (χ1) is 12.1. The number of carbonyl (C=O) groups excluding carboxylic acids is 2. The lowest BCUT2D eigenvalue weighted by Crippen LogP contribution is -2.56. The van der Waals surface area contributed by atoms with Gasteiger partial charge in [0.2, 0.25) is 0 Å². The Bertz CT molecular complexity index is 816. The van der Waals surface area contributed by atoms with E-state index in [1.54, 1.807) is 9.80 Å². The predicted octanol–water partition coefficient (Wildman–Crippen LogP) is 1.80. The minimum Gasteiger partial charge on any atom is -0.447 e. The number of aryl methyl sites for hydroxylation is 1. The second-order valence-corrected chi connectivity index (χ2v) is 6.60. The molecule has 0 saturated carbocycles. The Kier molecular flexibility index (Phi) is 3.99. The van der Waals surface area contributed by atoms with Gasteiger partial charge in [0.05, 0.1) is 6.04 Å². The molecule has 4 rings (SSSR count). The van der Waals surface area contributed by atoms with Gasteiger partial charge in [0.1, 0.15) is 6.61 Å². The van der Waals surface area contributed by atoms with Gasteiger partial charge in [0, 0.05) is 43.9 Å². The summed E-state index contributed by atoms with van der Waals surface area (Å²) in [6.45, 7) is 5.37. The number of hydrogen-bond acceptors (Lipinski definition) is 3. The zero-order valence-electron chi connectivity index (χ0n) is 14.3. The average molecular weight is 342 g/mol. The highest BCUT2D eigenvalue weighted by atomic mass is 16.6. The van der Waals surface area contributed by atoms with E-state index < -0.39 is 0 Å². The van der Waals surface area contributed by atoms with Crippen LogP contribution in [0.5, 0.6) is 0 Å². The maximum atomic E-state index is 12.4. The molecule has 0 spiro atoms. The molecule has 1 aromatic heterocycles. The normalized spacial score (nSPS) is 19.9. The molecule has 1 aromatic carbocycles. The quantitative estimate of drug-likeness (QED) is 0.925. The highest BCUT2D eigenvalue weighted by Gasteiger charge is 2.38. The number of piperazine rings is 1. The lowest BCUT2D eigenvalue weighted by atomic mass is 10.2. The molecule has 0 aliphatic carbocycles.